The molecule has 1 N–H and O–H groups in total. The Hall–Kier alpha value is -4.72. The monoisotopic (exact) mass is 567 g/mol. The molecule has 0 atom stereocenters. The number of carboxylic acids is 1. The molecule has 0 radical (unpaired) electrons. The molecule has 14 heteroatoms. The van der Waals surface area contributed by atoms with E-state index in [0.29, 0.717) is 12.2 Å². The Morgan fingerprint density at radius 1 is 1.20 bits per heavy atom. The number of H-pyrrole nitrogens is 1. The summed E-state index contributed by atoms with van der Waals surface area (Å²) in [5.74, 6) is -2.47. The number of aliphatic carboxylic acids is 1. The van der Waals surface area contributed by atoms with Gasteiger partial charge in [0.15, 0.2) is 11.0 Å². The first-order valence-electron chi connectivity index (χ1n) is 12.6. The zero-order valence-corrected chi connectivity index (χ0v) is 21.8. The molecule has 4 aromatic rings. The van der Waals surface area contributed by atoms with E-state index in [0.717, 1.165) is 60.8 Å². The van der Waals surface area contributed by atoms with Crippen molar-refractivity contribution in [2.75, 3.05) is 13.1 Å². The smallest absolute Gasteiger partial charge is 0.430 e. The van der Waals surface area contributed by atoms with Gasteiger partial charge in [0.05, 0.1) is 11.3 Å². The summed E-state index contributed by atoms with van der Waals surface area (Å²) in [6, 6.07) is 12.0. The van der Waals surface area contributed by atoms with E-state index in [9.17, 15) is 18.0 Å². The third-order valence-corrected chi connectivity index (χ3v) is 7.00. The van der Waals surface area contributed by atoms with Crippen LogP contribution in [-0.4, -0.2) is 61.6 Å². The second-order valence-electron chi connectivity index (χ2n) is 9.53. The number of hydrogen-bond acceptors (Lipinski definition) is 9. The van der Waals surface area contributed by atoms with Gasteiger partial charge in [-0.2, -0.15) is 13.2 Å². The second-order valence-corrected chi connectivity index (χ2v) is 9.53. The van der Waals surface area contributed by atoms with Gasteiger partial charge in [0.1, 0.15) is 23.4 Å². The number of hydrogen-bond donors (Lipinski definition) is 1. The second kappa shape index (κ2) is 11.4. The Kier molecular flexibility index (Phi) is 7.75. The van der Waals surface area contributed by atoms with Crippen LogP contribution in [0.1, 0.15) is 38.3 Å². The van der Waals surface area contributed by atoms with Crippen LogP contribution in [0.15, 0.2) is 48.9 Å². The van der Waals surface area contributed by atoms with Crippen LogP contribution < -0.4 is 9.79 Å². The first-order valence-corrected chi connectivity index (χ1v) is 12.6. The summed E-state index contributed by atoms with van der Waals surface area (Å²) in [7, 11) is 0. The predicted octanol–water partition coefficient (Wildman–Crippen LogP) is 1.42. The number of nitrogens with one attached hydrogen (secondary N) is 1. The Labute approximate surface area is 231 Å². The highest BCUT2D eigenvalue weighted by Crippen LogP contribution is 2.27. The maximum absolute atomic E-state index is 11.8. The average molecular weight is 568 g/mol. The number of halogens is 3. The number of benzene rings is 2. The van der Waals surface area contributed by atoms with Gasteiger partial charge in [-0.1, -0.05) is 11.3 Å². The molecule has 0 fully saturated rings. The minimum absolute atomic E-state index is 0.207. The topological polar surface area (TPSA) is 141 Å². The number of tetrazole rings is 1. The molecule has 0 bridgehead atoms. The molecule has 0 aliphatic carbocycles. The number of aromatic nitrogens is 6. The van der Waals surface area contributed by atoms with Crippen molar-refractivity contribution >= 4 is 11.9 Å². The molecule has 212 valence electrons. The summed E-state index contributed by atoms with van der Waals surface area (Å²) in [5, 5.41) is 19.1. The van der Waals surface area contributed by atoms with Crippen molar-refractivity contribution in [3.8, 4) is 17.1 Å². The normalized spacial score (nSPS) is 14.5. The van der Waals surface area contributed by atoms with E-state index in [4.69, 9.17) is 19.6 Å². The van der Waals surface area contributed by atoms with Gasteiger partial charge in [-0.05, 0) is 54.8 Å². The lowest BCUT2D eigenvalue weighted by molar-refractivity contribution is -0.660. The number of fused-ring (bicyclic) bond motifs is 2. The summed E-state index contributed by atoms with van der Waals surface area (Å²) < 4.78 is 38.5. The van der Waals surface area contributed by atoms with Crippen molar-refractivity contribution in [2.24, 2.45) is 0 Å². The van der Waals surface area contributed by atoms with Crippen LogP contribution >= 0.6 is 0 Å². The van der Waals surface area contributed by atoms with Gasteiger partial charge in [-0.25, -0.2) is 14.8 Å². The van der Waals surface area contributed by atoms with Gasteiger partial charge >= 0.3 is 12.1 Å². The highest BCUT2D eigenvalue weighted by atomic mass is 19.4. The van der Waals surface area contributed by atoms with Crippen LogP contribution in [-0.2, 0) is 35.5 Å². The highest BCUT2D eigenvalue weighted by Gasteiger charge is 2.29. The van der Waals surface area contributed by atoms with E-state index in [1.54, 1.807) is 11.0 Å². The van der Waals surface area contributed by atoms with Crippen molar-refractivity contribution in [1.29, 1.82) is 0 Å². The molecule has 41 heavy (non-hydrogen) atoms. The molecule has 2 aromatic heterocycles. The number of nitrogens with zero attached hydrogens (tertiary/aromatic N) is 6. The number of ether oxygens (including phenoxy) is 1. The lowest BCUT2D eigenvalue weighted by Gasteiger charge is -2.28. The van der Waals surface area contributed by atoms with Crippen LogP contribution in [0.2, 0.25) is 0 Å². The maximum atomic E-state index is 11.8. The van der Waals surface area contributed by atoms with E-state index >= 15 is 0 Å². The van der Waals surface area contributed by atoms with Gasteiger partial charge in [-0.15, -0.1) is 4.68 Å². The number of aromatic amines is 1. The van der Waals surface area contributed by atoms with Gasteiger partial charge in [0.25, 0.3) is 6.33 Å². The molecular formula is C27H24F3N7O4. The molecule has 0 unspecified atom stereocenters. The minimum Gasteiger partial charge on any atom is -0.542 e. The van der Waals surface area contributed by atoms with Crippen molar-refractivity contribution < 1.29 is 37.3 Å². The van der Waals surface area contributed by atoms with Crippen molar-refractivity contribution in [1.82, 2.24) is 30.4 Å². The standard InChI is InChI=1S/C25H23N7O2.C2HF3O2/c1-16-17(4-7-21-22(16)14-34-25(21)33)8-10-31-11-9-23-19(13-31)12-26-24(28-23)18-2-5-20(6-3-18)32-15-27-29-30-32;3-2(4,5)1(6)7/h2-7,12,15H,8-11,13-14H2,1H3;(H,6,7). The van der Waals surface area contributed by atoms with Crippen molar-refractivity contribution in [2.45, 2.75) is 39.1 Å². The number of carboxylic acid groups (broad SMARTS) is 1. The molecule has 2 aliphatic heterocycles. The van der Waals surface area contributed by atoms with Gasteiger partial charge in [-0.3, -0.25) is 4.90 Å². The van der Waals surface area contributed by atoms with Crippen LogP contribution in [0.5, 0.6) is 0 Å². The first kappa shape index (κ1) is 27.8. The van der Waals surface area contributed by atoms with E-state index in [1.165, 1.54) is 16.7 Å². The number of carbonyl (C=O) groups is 2. The molecule has 0 saturated carbocycles. The number of esters is 1. The quantitative estimate of drug-likeness (QED) is 0.280. The van der Waals surface area contributed by atoms with Gasteiger partial charge in [0.2, 0.25) is 0 Å². The summed E-state index contributed by atoms with van der Waals surface area (Å²) in [6.07, 6.45) is 0.244. The fraction of sp³-hybridized carbons (Fsp3) is 0.296. The molecule has 0 amide bonds. The minimum atomic E-state index is -5.19. The number of carbonyl (C=O) groups excluding carboxylic acids is 2. The Balaban J connectivity index is 0.000000431. The summed E-state index contributed by atoms with van der Waals surface area (Å²) in [4.78, 5) is 32.5. The van der Waals surface area contributed by atoms with Crippen molar-refractivity contribution in [3.05, 3.63) is 82.4 Å². The molecule has 4 heterocycles. The fourth-order valence-corrected chi connectivity index (χ4v) is 4.72. The SMILES string of the molecule is Cc1c(CCN2CCc3nc(-c4ccc(-[n+]5cnn[nH]5)cc4)ncc3C2)ccc2c1COC2=O.O=C([O-])C(F)(F)F. The lowest BCUT2D eigenvalue weighted by atomic mass is 9.96. The Morgan fingerprint density at radius 3 is 2.63 bits per heavy atom. The van der Waals surface area contributed by atoms with Gasteiger partial charge < -0.3 is 14.6 Å². The summed E-state index contributed by atoms with van der Waals surface area (Å²) >= 11 is 0. The summed E-state index contributed by atoms with van der Waals surface area (Å²) in [5.41, 5.74) is 8.46. The zero-order valence-electron chi connectivity index (χ0n) is 21.8. The molecular weight excluding hydrogens is 543 g/mol. The van der Waals surface area contributed by atoms with Gasteiger partial charge in [0, 0.05) is 48.9 Å². The highest BCUT2D eigenvalue weighted by molar-refractivity contribution is 5.93. The molecule has 0 spiro atoms. The van der Waals surface area contributed by atoms with E-state index in [1.807, 2.05) is 36.5 Å². The van der Waals surface area contributed by atoms with Crippen LogP contribution in [0.3, 0.4) is 0 Å². The molecule has 2 aromatic carbocycles. The van der Waals surface area contributed by atoms with Crippen LogP contribution in [0.4, 0.5) is 13.2 Å². The number of alkyl halides is 3. The maximum Gasteiger partial charge on any atom is 0.430 e. The fourth-order valence-electron chi connectivity index (χ4n) is 4.72. The zero-order chi connectivity index (χ0) is 29.1. The largest absolute Gasteiger partial charge is 0.542 e. The molecule has 6 rings (SSSR count). The number of rotatable bonds is 5. The first-order chi connectivity index (χ1) is 19.6. The molecule has 0 saturated heterocycles. The van der Waals surface area contributed by atoms with E-state index in [2.05, 4.69) is 38.4 Å². The van der Waals surface area contributed by atoms with Crippen molar-refractivity contribution in [3.63, 3.8) is 0 Å². The Morgan fingerprint density at radius 2 is 1.95 bits per heavy atom. The third kappa shape index (κ3) is 6.22. The predicted molar refractivity (Wildman–Crippen MR) is 133 cm³/mol. The van der Waals surface area contributed by atoms with E-state index in [-0.39, 0.29) is 5.97 Å². The Bertz CT molecular complexity index is 1580. The molecule has 2 aliphatic rings. The van der Waals surface area contributed by atoms with Crippen LogP contribution in [0.25, 0.3) is 17.1 Å². The lowest BCUT2D eigenvalue weighted by Crippen LogP contribution is -2.37. The third-order valence-electron chi connectivity index (χ3n) is 7.00. The average Bonchev–Trinajstić information content (AvgIpc) is 3.63. The van der Waals surface area contributed by atoms with E-state index < -0.39 is 12.1 Å². The van der Waals surface area contributed by atoms with Crippen LogP contribution in [0, 0.1) is 6.92 Å². The summed E-state index contributed by atoms with van der Waals surface area (Å²) in [6.45, 7) is 5.26. The molecule has 11 nitrogen and oxygen atoms in total. The number of cyclic esters (lactones) is 1.